The molecule has 6 heteroatoms. The number of thiocarbonyl (C=S) groups is 1. The lowest BCUT2D eigenvalue weighted by Crippen LogP contribution is -2.45. The summed E-state index contributed by atoms with van der Waals surface area (Å²) in [5.41, 5.74) is 0.866. The summed E-state index contributed by atoms with van der Waals surface area (Å²) >= 11 is 10.8. The van der Waals surface area contributed by atoms with Gasteiger partial charge in [0.1, 0.15) is 0 Å². The molecule has 0 fully saturated rings. The summed E-state index contributed by atoms with van der Waals surface area (Å²) in [4.78, 5) is 11.6. The van der Waals surface area contributed by atoms with Crippen molar-refractivity contribution in [2.45, 2.75) is 19.4 Å². The number of aliphatic hydroxyl groups excluding tert-OH is 1. The van der Waals surface area contributed by atoms with Crippen LogP contribution in [0.4, 0.5) is 0 Å². The summed E-state index contributed by atoms with van der Waals surface area (Å²) < 4.78 is 0. The fourth-order valence-electron chi connectivity index (χ4n) is 1.40. The van der Waals surface area contributed by atoms with E-state index < -0.39 is 0 Å². The molecule has 0 aliphatic heterocycles. The van der Waals surface area contributed by atoms with Gasteiger partial charge in [0.05, 0.1) is 12.6 Å². The summed E-state index contributed by atoms with van der Waals surface area (Å²) in [6.07, 6.45) is 3.77. The second kappa shape index (κ2) is 8.68. The molecule has 0 saturated heterocycles. The van der Waals surface area contributed by atoms with E-state index in [0.29, 0.717) is 11.4 Å². The van der Waals surface area contributed by atoms with Crippen molar-refractivity contribution in [3.05, 3.63) is 40.9 Å². The van der Waals surface area contributed by atoms with Crippen molar-refractivity contribution in [1.29, 1.82) is 0 Å². The number of aliphatic hydroxyl groups is 1. The first-order valence-corrected chi connectivity index (χ1v) is 6.99. The van der Waals surface area contributed by atoms with Crippen molar-refractivity contribution in [2.75, 3.05) is 6.61 Å². The largest absolute Gasteiger partial charge is 0.394 e. The molecule has 0 aromatic heterocycles. The molecule has 20 heavy (non-hydrogen) atoms. The summed E-state index contributed by atoms with van der Waals surface area (Å²) in [7, 11) is 0. The number of carbonyl (C=O) groups is 1. The number of rotatable bonds is 5. The fraction of sp³-hybridized carbons (Fsp3) is 0.286. The lowest BCUT2D eigenvalue weighted by atomic mass is 10.2. The van der Waals surface area contributed by atoms with Crippen LogP contribution in [-0.4, -0.2) is 28.8 Å². The van der Waals surface area contributed by atoms with Crippen LogP contribution in [0, 0.1) is 0 Å². The molecule has 4 nitrogen and oxygen atoms in total. The molecule has 0 aliphatic rings. The molecular formula is C14H17ClN2O2S. The van der Waals surface area contributed by atoms with Crippen LogP contribution < -0.4 is 10.6 Å². The predicted molar refractivity (Wildman–Crippen MR) is 85.5 cm³/mol. The minimum absolute atomic E-state index is 0.0346. The smallest absolute Gasteiger partial charge is 0.250 e. The van der Waals surface area contributed by atoms with E-state index >= 15 is 0 Å². The zero-order chi connectivity index (χ0) is 15.0. The van der Waals surface area contributed by atoms with Crippen LogP contribution in [0.25, 0.3) is 6.08 Å². The van der Waals surface area contributed by atoms with Crippen LogP contribution in [0.3, 0.4) is 0 Å². The van der Waals surface area contributed by atoms with E-state index in [2.05, 4.69) is 10.6 Å². The topological polar surface area (TPSA) is 61.4 Å². The van der Waals surface area contributed by atoms with Crippen LogP contribution in [0.5, 0.6) is 0 Å². The molecule has 1 amide bonds. The van der Waals surface area contributed by atoms with Crippen molar-refractivity contribution in [2.24, 2.45) is 0 Å². The van der Waals surface area contributed by atoms with E-state index in [4.69, 9.17) is 28.9 Å². The highest BCUT2D eigenvalue weighted by Gasteiger charge is 2.07. The van der Waals surface area contributed by atoms with Crippen LogP contribution in [-0.2, 0) is 4.79 Å². The first-order chi connectivity index (χ1) is 9.55. The monoisotopic (exact) mass is 312 g/mol. The molecule has 1 aromatic rings. The Labute approximate surface area is 128 Å². The highest BCUT2D eigenvalue weighted by molar-refractivity contribution is 7.80. The van der Waals surface area contributed by atoms with Crippen molar-refractivity contribution in [3.8, 4) is 0 Å². The zero-order valence-electron chi connectivity index (χ0n) is 11.1. The molecule has 1 rings (SSSR count). The van der Waals surface area contributed by atoms with E-state index in [-0.39, 0.29) is 23.7 Å². The molecule has 1 atom stereocenters. The average Bonchev–Trinajstić information content (AvgIpc) is 2.44. The second-order valence-corrected chi connectivity index (χ2v) is 4.98. The highest BCUT2D eigenvalue weighted by Crippen LogP contribution is 2.10. The number of halogens is 1. The molecule has 1 unspecified atom stereocenters. The predicted octanol–water partition coefficient (Wildman–Crippen LogP) is 2.11. The highest BCUT2D eigenvalue weighted by atomic mass is 35.5. The average molecular weight is 313 g/mol. The maximum absolute atomic E-state index is 11.6. The normalized spacial score (nSPS) is 12.2. The molecule has 1 aromatic carbocycles. The SMILES string of the molecule is CCC(CO)NC(=S)NC(=O)/C=C/c1ccc(Cl)cc1. The van der Waals surface area contributed by atoms with Crippen molar-refractivity contribution < 1.29 is 9.90 Å². The maximum atomic E-state index is 11.6. The van der Waals surface area contributed by atoms with Gasteiger partial charge in [-0.15, -0.1) is 0 Å². The Morgan fingerprint density at radius 1 is 1.45 bits per heavy atom. The second-order valence-electron chi connectivity index (χ2n) is 4.14. The van der Waals surface area contributed by atoms with Crippen molar-refractivity contribution in [3.63, 3.8) is 0 Å². The lowest BCUT2D eigenvalue weighted by molar-refractivity contribution is -0.115. The molecule has 0 saturated carbocycles. The van der Waals surface area contributed by atoms with Gasteiger partial charge < -0.3 is 10.4 Å². The molecule has 0 heterocycles. The quantitative estimate of drug-likeness (QED) is 0.576. The number of hydrogen-bond donors (Lipinski definition) is 3. The van der Waals surface area contributed by atoms with Crippen LogP contribution in [0.2, 0.25) is 5.02 Å². The van der Waals surface area contributed by atoms with Gasteiger partial charge in [0, 0.05) is 11.1 Å². The first-order valence-electron chi connectivity index (χ1n) is 6.21. The number of benzene rings is 1. The van der Waals surface area contributed by atoms with E-state index in [9.17, 15) is 4.79 Å². The Morgan fingerprint density at radius 3 is 2.65 bits per heavy atom. The third kappa shape index (κ3) is 6.14. The Kier molecular flexibility index (Phi) is 7.22. The van der Waals surface area contributed by atoms with Crippen LogP contribution >= 0.6 is 23.8 Å². The van der Waals surface area contributed by atoms with Crippen LogP contribution in [0.1, 0.15) is 18.9 Å². The molecular weight excluding hydrogens is 296 g/mol. The van der Waals surface area contributed by atoms with Gasteiger partial charge in [-0.3, -0.25) is 10.1 Å². The fourth-order valence-corrected chi connectivity index (χ4v) is 1.79. The molecule has 3 N–H and O–H groups in total. The van der Waals surface area contributed by atoms with E-state index in [1.165, 1.54) is 6.08 Å². The van der Waals surface area contributed by atoms with Gasteiger partial charge in [-0.25, -0.2) is 0 Å². The van der Waals surface area contributed by atoms with Gasteiger partial charge in [0.15, 0.2) is 5.11 Å². The van der Waals surface area contributed by atoms with Gasteiger partial charge >= 0.3 is 0 Å². The third-order valence-corrected chi connectivity index (χ3v) is 3.05. The van der Waals surface area contributed by atoms with E-state index in [0.717, 1.165) is 5.56 Å². The van der Waals surface area contributed by atoms with E-state index in [1.807, 2.05) is 19.1 Å². The van der Waals surface area contributed by atoms with Crippen molar-refractivity contribution in [1.82, 2.24) is 10.6 Å². The Bertz CT molecular complexity index is 484. The molecule has 0 spiro atoms. The number of amides is 1. The van der Waals surface area contributed by atoms with Crippen molar-refractivity contribution >= 4 is 40.9 Å². The minimum Gasteiger partial charge on any atom is -0.394 e. The third-order valence-electron chi connectivity index (χ3n) is 2.58. The summed E-state index contributed by atoms with van der Waals surface area (Å²) in [6.45, 7) is 1.88. The molecule has 108 valence electrons. The standard InChI is InChI=1S/C14H17ClN2O2S/c1-2-12(9-18)16-14(20)17-13(19)8-5-10-3-6-11(15)7-4-10/h3-8,12,18H,2,9H2,1H3,(H2,16,17,19,20)/b8-5+. The van der Waals surface area contributed by atoms with Gasteiger partial charge in [-0.05, 0) is 42.4 Å². The van der Waals surface area contributed by atoms with Crippen LogP contribution in [0.15, 0.2) is 30.3 Å². The van der Waals surface area contributed by atoms with Gasteiger partial charge in [-0.2, -0.15) is 0 Å². The van der Waals surface area contributed by atoms with Gasteiger partial charge in [-0.1, -0.05) is 30.7 Å². The number of nitrogens with one attached hydrogen (secondary N) is 2. The van der Waals surface area contributed by atoms with Gasteiger partial charge in [0.2, 0.25) is 5.91 Å². The Morgan fingerprint density at radius 2 is 2.10 bits per heavy atom. The number of hydrogen-bond acceptors (Lipinski definition) is 3. The summed E-state index contributed by atoms with van der Waals surface area (Å²) in [5, 5.41) is 15.2. The number of carbonyl (C=O) groups excluding carboxylic acids is 1. The molecule has 0 bridgehead atoms. The molecule has 0 aliphatic carbocycles. The molecule has 0 radical (unpaired) electrons. The van der Waals surface area contributed by atoms with Gasteiger partial charge in [0.25, 0.3) is 0 Å². The van der Waals surface area contributed by atoms with E-state index in [1.54, 1.807) is 18.2 Å². The minimum atomic E-state index is -0.328. The Balaban J connectivity index is 2.46. The first kappa shape index (κ1) is 16.6. The summed E-state index contributed by atoms with van der Waals surface area (Å²) in [5.74, 6) is -0.328. The maximum Gasteiger partial charge on any atom is 0.250 e. The Hall–Kier alpha value is -1.43. The summed E-state index contributed by atoms with van der Waals surface area (Å²) in [6, 6.07) is 6.96. The zero-order valence-corrected chi connectivity index (χ0v) is 12.7. The lowest BCUT2D eigenvalue weighted by Gasteiger charge is -2.15.